The summed E-state index contributed by atoms with van der Waals surface area (Å²) in [6.07, 6.45) is 0. The Morgan fingerprint density at radius 1 is 1.38 bits per heavy atom. The second-order valence-corrected chi connectivity index (χ2v) is 5.46. The topological polar surface area (TPSA) is 40.5 Å². The zero-order valence-corrected chi connectivity index (χ0v) is 10.1. The van der Waals surface area contributed by atoms with Crippen LogP contribution >= 0.6 is 11.6 Å². The van der Waals surface area contributed by atoms with E-state index in [9.17, 15) is 4.79 Å². The monoisotopic (exact) mass is 239 g/mol. The second-order valence-electron chi connectivity index (χ2n) is 5.02. The van der Waals surface area contributed by atoms with Crippen LogP contribution in [0, 0.1) is 5.41 Å². The van der Waals surface area contributed by atoms with Crippen molar-refractivity contribution in [2.75, 3.05) is 18.0 Å². The Morgan fingerprint density at radius 2 is 2.00 bits per heavy atom. The van der Waals surface area contributed by atoms with Crippen molar-refractivity contribution in [3.05, 3.63) is 28.8 Å². The maximum Gasteiger partial charge on any atom is 0.335 e. The minimum atomic E-state index is -0.941. The van der Waals surface area contributed by atoms with Crippen molar-refractivity contribution in [2.24, 2.45) is 5.41 Å². The van der Waals surface area contributed by atoms with Gasteiger partial charge in [-0.05, 0) is 23.6 Å². The highest BCUT2D eigenvalue weighted by Crippen LogP contribution is 2.34. The van der Waals surface area contributed by atoms with Gasteiger partial charge in [0.1, 0.15) is 0 Å². The van der Waals surface area contributed by atoms with Crippen LogP contribution < -0.4 is 4.90 Å². The van der Waals surface area contributed by atoms with Crippen molar-refractivity contribution < 1.29 is 9.90 Å². The number of hydrogen-bond acceptors (Lipinski definition) is 2. The molecule has 3 nitrogen and oxygen atoms in total. The summed E-state index contributed by atoms with van der Waals surface area (Å²) < 4.78 is 0. The Bertz CT molecular complexity index is 435. The number of benzene rings is 1. The van der Waals surface area contributed by atoms with Gasteiger partial charge in [-0.2, -0.15) is 0 Å². The van der Waals surface area contributed by atoms with Crippen LogP contribution in [0.25, 0.3) is 0 Å². The third kappa shape index (κ3) is 2.14. The molecule has 86 valence electrons. The zero-order chi connectivity index (χ0) is 11.9. The molecule has 0 spiro atoms. The minimum Gasteiger partial charge on any atom is -0.478 e. The highest BCUT2D eigenvalue weighted by atomic mass is 35.5. The zero-order valence-electron chi connectivity index (χ0n) is 9.33. The molecule has 0 aliphatic carbocycles. The largest absolute Gasteiger partial charge is 0.478 e. The molecule has 2 rings (SSSR count). The Labute approximate surface area is 99.6 Å². The van der Waals surface area contributed by atoms with Gasteiger partial charge in [0.25, 0.3) is 0 Å². The molecule has 1 aromatic rings. The average molecular weight is 240 g/mol. The van der Waals surface area contributed by atoms with E-state index in [2.05, 4.69) is 18.7 Å². The van der Waals surface area contributed by atoms with E-state index in [4.69, 9.17) is 16.7 Å². The van der Waals surface area contributed by atoms with E-state index < -0.39 is 5.97 Å². The molecule has 0 saturated carbocycles. The molecule has 0 bridgehead atoms. The number of nitrogens with zero attached hydrogens (tertiary/aromatic N) is 1. The molecular formula is C12H14ClNO2. The highest BCUT2D eigenvalue weighted by molar-refractivity contribution is 6.31. The molecule has 1 aliphatic rings. The van der Waals surface area contributed by atoms with Crippen LogP contribution in [0.5, 0.6) is 0 Å². The van der Waals surface area contributed by atoms with Crippen molar-refractivity contribution >= 4 is 23.3 Å². The third-order valence-electron chi connectivity index (χ3n) is 2.73. The number of anilines is 1. The minimum absolute atomic E-state index is 0.243. The summed E-state index contributed by atoms with van der Waals surface area (Å²) in [4.78, 5) is 13.0. The van der Waals surface area contributed by atoms with E-state index in [1.165, 1.54) is 6.07 Å². The fourth-order valence-corrected chi connectivity index (χ4v) is 2.28. The van der Waals surface area contributed by atoms with Crippen molar-refractivity contribution in [2.45, 2.75) is 13.8 Å². The predicted octanol–water partition coefficient (Wildman–Crippen LogP) is 2.88. The molecule has 1 saturated heterocycles. The standard InChI is InChI=1S/C12H14ClNO2/c1-12(2)6-14(7-12)10-4-8(11(15)16)3-9(13)5-10/h3-5H,6-7H2,1-2H3,(H,15,16). The molecule has 0 amide bonds. The van der Waals surface area contributed by atoms with Gasteiger partial charge in [0.2, 0.25) is 0 Å². The Morgan fingerprint density at radius 3 is 2.50 bits per heavy atom. The van der Waals surface area contributed by atoms with E-state index in [0.717, 1.165) is 18.8 Å². The van der Waals surface area contributed by atoms with Crippen LogP contribution in [-0.2, 0) is 0 Å². The van der Waals surface area contributed by atoms with Crippen LogP contribution in [0.2, 0.25) is 5.02 Å². The summed E-state index contributed by atoms with van der Waals surface area (Å²) in [5, 5.41) is 9.40. The number of carboxylic acids is 1. The van der Waals surface area contributed by atoms with Crippen LogP contribution in [0.3, 0.4) is 0 Å². The van der Waals surface area contributed by atoms with Crippen LogP contribution in [-0.4, -0.2) is 24.2 Å². The number of carbonyl (C=O) groups is 1. The number of rotatable bonds is 2. The SMILES string of the molecule is CC1(C)CN(c2cc(Cl)cc(C(=O)O)c2)C1. The smallest absolute Gasteiger partial charge is 0.335 e. The molecule has 1 aliphatic heterocycles. The number of hydrogen-bond donors (Lipinski definition) is 1. The van der Waals surface area contributed by atoms with Gasteiger partial charge in [0.05, 0.1) is 5.56 Å². The lowest BCUT2D eigenvalue weighted by atomic mass is 9.84. The quantitative estimate of drug-likeness (QED) is 0.863. The molecule has 1 fully saturated rings. The lowest BCUT2D eigenvalue weighted by Crippen LogP contribution is -2.53. The molecule has 0 unspecified atom stereocenters. The fraction of sp³-hybridized carbons (Fsp3) is 0.417. The van der Waals surface area contributed by atoms with E-state index in [1.807, 2.05) is 6.07 Å². The van der Waals surface area contributed by atoms with Crippen molar-refractivity contribution in [1.29, 1.82) is 0 Å². The van der Waals surface area contributed by atoms with Crippen LogP contribution in [0.15, 0.2) is 18.2 Å². The Balaban J connectivity index is 2.26. The van der Waals surface area contributed by atoms with E-state index in [-0.39, 0.29) is 5.56 Å². The molecule has 1 N–H and O–H groups in total. The van der Waals surface area contributed by atoms with Gasteiger partial charge in [-0.25, -0.2) is 4.79 Å². The van der Waals surface area contributed by atoms with Gasteiger partial charge >= 0.3 is 5.97 Å². The highest BCUT2D eigenvalue weighted by Gasteiger charge is 2.34. The van der Waals surface area contributed by atoms with E-state index in [1.54, 1.807) is 6.07 Å². The number of aromatic carboxylic acids is 1. The van der Waals surface area contributed by atoms with Crippen molar-refractivity contribution in [3.8, 4) is 0 Å². The number of carboxylic acid groups (broad SMARTS) is 1. The average Bonchev–Trinajstić information content (AvgIpc) is 2.12. The summed E-state index contributed by atoms with van der Waals surface area (Å²) in [5.41, 5.74) is 1.45. The molecule has 1 aromatic carbocycles. The lowest BCUT2D eigenvalue weighted by Gasteiger charge is -2.47. The molecule has 1 heterocycles. The van der Waals surface area contributed by atoms with Crippen molar-refractivity contribution in [1.82, 2.24) is 0 Å². The molecule has 0 atom stereocenters. The first-order chi connectivity index (χ1) is 7.37. The predicted molar refractivity (Wildman–Crippen MR) is 64.4 cm³/mol. The van der Waals surface area contributed by atoms with Gasteiger partial charge in [-0.15, -0.1) is 0 Å². The maximum atomic E-state index is 10.9. The molecule has 0 aromatic heterocycles. The summed E-state index contributed by atoms with van der Waals surface area (Å²) >= 11 is 5.90. The molecule has 4 heteroatoms. The maximum absolute atomic E-state index is 10.9. The molecule has 16 heavy (non-hydrogen) atoms. The fourth-order valence-electron chi connectivity index (χ4n) is 2.05. The molecular weight excluding hydrogens is 226 g/mol. The van der Waals surface area contributed by atoms with Crippen LogP contribution in [0.4, 0.5) is 5.69 Å². The first-order valence-corrected chi connectivity index (χ1v) is 5.54. The van der Waals surface area contributed by atoms with Crippen molar-refractivity contribution in [3.63, 3.8) is 0 Å². The Hall–Kier alpha value is -1.22. The van der Waals surface area contributed by atoms with Gasteiger partial charge in [0, 0.05) is 23.8 Å². The first-order valence-electron chi connectivity index (χ1n) is 5.16. The van der Waals surface area contributed by atoms with E-state index >= 15 is 0 Å². The summed E-state index contributed by atoms with van der Waals surface area (Å²) in [5.74, 6) is -0.941. The summed E-state index contributed by atoms with van der Waals surface area (Å²) in [6.45, 7) is 6.25. The van der Waals surface area contributed by atoms with E-state index in [0.29, 0.717) is 10.4 Å². The first kappa shape index (κ1) is 11.3. The lowest BCUT2D eigenvalue weighted by molar-refractivity contribution is 0.0697. The summed E-state index contributed by atoms with van der Waals surface area (Å²) in [7, 11) is 0. The second kappa shape index (κ2) is 3.67. The van der Waals surface area contributed by atoms with Crippen LogP contribution in [0.1, 0.15) is 24.2 Å². The third-order valence-corrected chi connectivity index (χ3v) is 2.95. The van der Waals surface area contributed by atoms with Gasteiger partial charge in [-0.3, -0.25) is 0 Å². The normalized spacial score (nSPS) is 18.1. The summed E-state index contributed by atoms with van der Waals surface area (Å²) in [6, 6.07) is 4.95. The molecule has 0 radical (unpaired) electrons. The van der Waals surface area contributed by atoms with Gasteiger partial charge in [0.15, 0.2) is 0 Å². The Kier molecular flexibility index (Phi) is 2.58. The number of halogens is 1. The van der Waals surface area contributed by atoms with Gasteiger partial charge < -0.3 is 10.0 Å². The van der Waals surface area contributed by atoms with Gasteiger partial charge in [-0.1, -0.05) is 25.4 Å².